The van der Waals surface area contributed by atoms with Crippen LogP contribution in [0.1, 0.15) is 16.8 Å². The van der Waals surface area contributed by atoms with Crippen molar-refractivity contribution in [3.05, 3.63) is 47.3 Å². The van der Waals surface area contributed by atoms with Crippen molar-refractivity contribution in [2.45, 2.75) is 20.4 Å². The Bertz CT molecular complexity index is 523. The maximum absolute atomic E-state index is 5.54. The van der Waals surface area contributed by atoms with Crippen molar-refractivity contribution in [3.8, 4) is 0 Å². The molecule has 0 aliphatic heterocycles. The molecule has 0 aliphatic rings. The molecular weight excluding hydrogens is 212 g/mol. The van der Waals surface area contributed by atoms with Crippen LogP contribution < -0.4 is 11.1 Å². The Balaban J connectivity index is 2.22. The molecule has 1 aromatic heterocycles. The number of nitrogens with zero attached hydrogens (tertiary/aromatic N) is 2. The second kappa shape index (κ2) is 4.93. The van der Waals surface area contributed by atoms with Gasteiger partial charge in [-0.05, 0) is 43.2 Å². The second-order valence-corrected chi connectivity index (χ2v) is 4.00. The predicted octanol–water partition coefficient (Wildman–Crippen LogP) is 2.30. The lowest BCUT2D eigenvalue weighted by molar-refractivity contribution is 0.969. The van der Waals surface area contributed by atoms with E-state index in [0.29, 0.717) is 12.5 Å². The molecule has 0 radical (unpaired) electrons. The minimum Gasteiger partial charge on any atom is -0.325 e. The standard InChI is InChI=1S/C13H16N4/c1-9-3-4-11(7-10(9)2)16-13-15-6-5-12(8-14)17-13/h3-7H,8,14H2,1-2H3,(H,15,16,17). The van der Waals surface area contributed by atoms with Crippen molar-refractivity contribution in [1.82, 2.24) is 9.97 Å². The number of nitrogens with two attached hydrogens (primary N) is 1. The zero-order valence-corrected chi connectivity index (χ0v) is 10.1. The largest absolute Gasteiger partial charge is 0.325 e. The highest BCUT2D eigenvalue weighted by Crippen LogP contribution is 2.17. The zero-order valence-electron chi connectivity index (χ0n) is 10.1. The molecule has 1 aromatic carbocycles. The summed E-state index contributed by atoms with van der Waals surface area (Å²) in [6.45, 7) is 4.59. The van der Waals surface area contributed by atoms with Gasteiger partial charge in [0, 0.05) is 18.4 Å². The van der Waals surface area contributed by atoms with Crippen LogP contribution in [0.2, 0.25) is 0 Å². The van der Waals surface area contributed by atoms with Crippen molar-refractivity contribution in [1.29, 1.82) is 0 Å². The van der Waals surface area contributed by atoms with E-state index in [0.717, 1.165) is 11.4 Å². The fourth-order valence-corrected chi connectivity index (χ4v) is 1.52. The van der Waals surface area contributed by atoms with Gasteiger partial charge in [0.15, 0.2) is 0 Å². The van der Waals surface area contributed by atoms with Gasteiger partial charge in [-0.25, -0.2) is 9.97 Å². The van der Waals surface area contributed by atoms with E-state index in [9.17, 15) is 0 Å². The highest BCUT2D eigenvalue weighted by Gasteiger charge is 2.00. The van der Waals surface area contributed by atoms with Crippen LogP contribution in [0.3, 0.4) is 0 Å². The first kappa shape index (κ1) is 11.5. The van der Waals surface area contributed by atoms with Crippen LogP contribution in [0.15, 0.2) is 30.5 Å². The topological polar surface area (TPSA) is 63.8 Å². The molecule has 4 nitrogen and oxygen atoms in total. The molecule has 0 atom stereocenters. The number of aromatic nitrogens is 2. The average molecular weight is 228 g/mol. The summed E-state index contributed by atoms with van der Waals surface area (Å²) in [6.07, 6.45) is 1.71. The summed E-state index contributed by atoms with van der Waals surface area (Å²) in [5, 5.41) is 3.17. The molecule has 0 saturated carbocycles. The Kier molecular flexibility index (Phi) is 3.35. The Hall–Kier alpha value is -1.94. The van der Waals surface area contributed by atoms with Crippen LogP contribution in [-0.4, -0.2) is 9.97 Å². The molecule has 0 spiro atoms. The summed E-state index contributed by atoms with van der Waals surface area (Å²) in [6, 6.07) is 7.98. The highest BCUT2D eigenvalue weighted by molar-refractivity contribution is 5.55. The molecule has 3 N–H and O–H groups in total. The Morgan fingerprint density at radius 1 is 1.18 bits per heavy atom. The van der Waals surface area contributed by atoms with Crippen LogP contribution in [0.4, 0.5) is 11.6 Å². The fourth-order valence-electron chi connectivity index (χ4n) is 1.52. The van der Waals surface area contributed by atoms with Gasteiger partial charge in [-0.3, -0.25) is 0 Å². The van der Waals surface area contributed by atoms with Gasteiger partial charge in [0.2, 0.25) is 5.95 Å². The molecule has 2 rings (SSSR count). The van der Waals surface area contributed by atoms with E-state index in [2.05, 4.69) is 41.3 Å². The van der Waals surface area contributed by atoms with Crippen molar-refractivity contribution >= 4 is 11.6 Å². The molecule has 88 valence electrons. The monoisotopic (exact) mass is 228 g/mol. The maximum Gasteiger partial charge on any atom is 0.227 e. The van der Waals surface area contributed by atoms with Gasteiger partial charge < -0.3 is 11.1 Å². The summed E-state index contributed by atoms with van der Waals surface area (Å²) in [7, 11) is 0. The highest BCUT2D eigenvalue weighted by atomic mass is 15.1. The van der Waals surface area contributed by atoms with E-state index >= 15 is 0 Å². The van der Waals surface area contributed by atoms with E-state index in [1.165, 1.54) is 11.1 Å². The molecule has 17 heavy (non-hydrogen) atoms. The predicted molar refractivity (Wildman–Crippen MR) is 69.1 cm³/mol. The first-order chi connectivity index (χ1) is 8.19. The van der Waals surface area contributed by atoms with Crippen molar-refractivity contribution in [2.24, 2.45) is 5.73 Å². The Morgan fingerprint density at radius 2 is 2.00 bits per heavy atom. The lowest BCUT2D eigenvalue weighted by atomic mass is 10.1. The van der Waals surface area contributed by atoms with Gasteiger partial charge in [-0.15, -0.1) is 0 Å². The molecule has 0 unspecified atom stereocenters. The van der Waals surface area contributed by atoms with Gasteiger partial charge in [0.25, 0.3) is 0 Å². The number of rotatable bonds is 3. The number of anilines is 2. The lowest BCUT2D eigenvalue weighted by Gasteiger charge is -2.07. The van der Waals surface area contributed by atoms with Crippen molar-refractivity contribution in [2.75, 3.05) is 5.32 Å². The number of benzene rings is 1. The van der Waals surface area contributed by atoms with Crippen LogP contribution in [0.5, 0.6) is 0 Å². The van der Waals surface area contributed by atoms with Crippen LogP contribution in [0.25, 0.3) is 0 Å². The van der Waals surface area contributed by atoms with Gasteiger partial charge >= 0.3 is 0 Å². The Morgan fingerprint density at radius 3 is 2.71 bits per heavy atom. The van der Waals surface area contributed by atoms with Gasteiger partial charge in [-0.2, -0.15) is 0 Å². The van der Waals surface area contributed by atoms with E-state index in [1.54, 1.807) is 6.20 Å². The van der Waals surface area contributed by atoms with Gasteiger partial charge in [0.1, 0.15) is 0 Å². The van der Waals surface area contributed by atoms with Crippen molar-refractivity contribution < 1.29 is 0 Å². The van der Waals surface area contributed by atoms with E-state index in [1.807, 2.05) is 12.1 Å². The molecule has 2 aromatic rings. The minimum absolute atomic E-state index is 0.421. The Labute approximate surface area is 101 Å². The van der Waals surface area contributed by atoms with E-state index in [-0.39, 0.29) is 0 Å². The first-order valence-corrected chi connectivity index (χ1v) is 5.55. The third-order valence-corrected chi connectivity index (χ3v) is 2.69. The molecular formula is C13H16N4. The third-order valence-electron chi connectivity index (χ3n) is 2.69. The number of aryl methyl sites for hydroxylation is 2. The SMILES string of the molecule is Cc1ccc(Nc2nccc(CN)n2)cc1C. The maximum atomic E-state index is 5.54. The van der Waals surface area contributed by atoms with Crippen LogP contribution >= 0.6 is 0 Å². The normalized spacial score (nSPS) is 10.3. The molecule has 4 heteroatoms. The minimum atomic E-state index is 0.421. The van der Waals surface area contributed by atoms with Gasteiger partial charge in [0.05, 0.1) is 5.69 Å². The van der Waals surface area contributed by atoms with Gasteiger partial charge in [-0.1, -0.05) is 6.07 Å². The summed E-state index contributed by atoms with van der Waals surface area (Å²) in [5.41, 5.74) is 9.86. The quantitative estimate of drug-likeness (QED) is 0.846. The van der Waals surface area contributed by atoms with E-state index in [4.69, 9.17) is 5.73 Å². The second-order valence-electron chi connectivity index (χ2n) is 4.00. The number of nitrogens with one attached hydrogen (secondary N) is 1. The van der Waals surface area contributed by atoms with E-state index < -0.39 is 0 Å². The smallest absolute Gasteiger partial charge is 0.227 e. The summed E-state index contributed by atoms with van der Waals surface area (Å²) in [4.78, 5) is 8.45. The zero-order chi connectivity index (χ0) is 12.3. The number of hydrogen-bond acceptors (Lipinski definition) is 4. The summed E-state index contributed by atoms with van der Waals surface area (Å²) >= 11 is 0. The third kappa shape index (κ3) is 2.79. The summed E-state index contributed by atoms with van der Waals surface area (Å²) in [5.74, 6) is 0.580. The van der Waals surface area contributed by atoms with Crippen LogP contribution in [0, 0.1) is 13.8 Å². The first-order valence-electron chi connectivity index (χ1n) is 5.55. The van der Waals surface area contributed by atoms with Crippen LogP contribution in [-0.2, 0) is 6.54 Å². The fraction of sp³-hybridized carbons (Fsp3) is 0.231. The molecule has 0 bridgehead atoms. The van der Waals surface area contributed by atoms with Crippen molar-refractivity contribution in [3.63, 3.8) is 0 Å². The molecule has 0 saturated heterocycles. The molecule has 0 aliphatic carbocycles. The lowest BCUT2D eigenvalue weighted by Crippen LogP contribution is -2.03. The molecule has 0 fully saturated rings. The average Bonchev–Trinajstić information content (AvgIpc) is 2.34. The molecule has 1 heterocycles. The number of hydrogen-bond donors (Lipinski definition) is 2. The molecule has 0 amide bonds. The summed E-state index contributed by atoms with van der Waals surface area (Å²) < 4.78 is 0.